The maximum Gasteiger partial charge on any atom is 0.254 e. The van der Waals surface area contributed by atoms with E-state index in [-0.39, 0.29) is 11.8 Å². The van der Waals surface area contributed by atoms with Crippen molar-refractivity contribution in [2.45, 2.75) is 38.5 Å². The second kappa shape index (κ2) is 7.40. The number of aryl methyl sites for hydroxylation is 1. The lowest BCUT2D eigenvalue weighted by atomic mass is 9.94. The molecule has 0 bridgehead atoms. The molecule has 136 valence electrons. The lowest BCUT2D eigenvalue weighted by Crippen LogP contribution is -2.39. The minimum Gasteiger partial charge on any atom is -0.357 e. The van der Waals surface area contributed by atoms with E-state index in [1.165, 1.54) is 12.8 Å². The first kappa shape index (κ1) is 16.9. The zero-order chi connectivity index (χ0) is 17.9. The van der Waals surface area contributed by atoms with E-state index in [1.807, 2.05) is 36.2 Å². The molecule has 0 unspecified atom stereocenters. The fourth-order valence-electron chi connectivity index (χ4n) is 3.96. The van der Waals surface area contributed by atoms with Crippen molar-refractivity contribution in [2.75, 3.05) is 31.1 Å². The Hall–Kier alpha value is -2.50. The normalized spacial score (nSPS) is 20.4. The number of hydrogen-bond acceptors (Lipinski definition) is 5. The molecule has 2 aromatic rings. The molecule has 4 heterocycles. The Morgan fingerprint density at radius 2 is 1.88 bits per heavy atom. The highest BCUT2D eigenvalue weighted by Gasteiger charge is 2.27. The number of piperidine rings is 1. The van der Waals surface area contributed by atoms with E-state index in [1.54, 1.807) is 6.20 Å². The van der Waals surface area contributed by atoms with Crippen LogP contribution < -0.4 is 4.90 Å². The topological polar surface area (TPSA) is 62.2 Å². The van der Waals surface area contributed by atoms with E-state index in [0.717, 1.165) is 61.9 Å². The molecule has 26 heavy (non-hydrogen) atoms. The molecular weight excluding hydrogens is 326 g/mol. The Labute approximate surface area is 154 Å². The first-order valence-corrected chi connectivity index (χ1v) is 9.50. The Morgan fingerprint density at radius 3 is 2.69 bits per heavy atom. The molecule has 0 N–H and O–H groups in total. The molecule has 0 saturated carbocycles. The summed E-state index contributed by atoms with van der Waals surface area (Å²) < 4.78 is 0. The molecule has 2 aliphatic heterocycles. The van der Waals surface area contributed by atoms with E-state index < -0.39 is 0 Å². The van der Waals surface area contributed by atoms with Gasteiger partial charge >= 0.3 is 0 Å². The van der Waals surface area contributed by atoms with Gasteiger partial charge in [0.25, 0.3) is 5.91 Å². The average molecular weight is 351 g/mol. The molecule has 4 rings (SSSR count). The number of carbonyl (C=O) groups is 1. The molecule has 0 spiro atoms. The smallest absolute Gasteiger partial charge is 0.254 e. The number of nitrogens with zero attached hydrogens (tertiary/aromatic N) is 5. The van der Waals surface area contributed by atoms with Crippen LogP contribution in [0, 0.1) is 6.92 Å². The quantitative estimate of drug-likeness (QED) is 0.851. The molecule has 0 aromatic carbocycles. The molecular formula is C20H25N5O. The van der Waals surface area contributed by atoms with Crippen molar-refractivity contribution in [3.05, 3.63) is 47.7 Å². The maximum atomic E-state index is 13.1. The highest BCUT2D eigenvalue weighted by molar-refractivity contribution is 5.95. The lowest BCUT2D eigenvalue weighted by Gasteiger charge is -2.32. The summed E-state index contributed by atoms with van der Waals surface area (Å²) in [6.45, 7) is 5.50. The third-order valence-electron chi connectivity index (χ3n) is 5.35. The van der Waals surface area contributed by atoms with Crippen LogP contribution in [-0.4, -0.2) is 51.9 Å². The lowest BCUT2D eigenvalue weighted by molar-refractivity contribution is 0.0705. The molecule has 0 radical (unpaired) electrons. The third-order valence-corrected chi connectivity index (χ3v) is 5.35. The van der Waals surface area contributed by atoms with Crippen molar-refractivity contribution in [3.8, 4) is 0 Å². The van der Waals surface area contributed by atoms with Gasteiger partial charge < -0.3 is 9.80 Å². The summed E-state index contributed by atoms with van der Waals surface area (Å²) in [5, 5.41) is 0. The number of pyridine rings is 1. The minimum atomic E-state index is 0.100. The van der Waals surface area contributed by atoms with Gasteiger partial charge in [0.15, 0.2) is 0 Å². The summed E-state index contributed by atoms with van der Waals surface area (Å²) in [6.07, 6.45) is 8.04. The molecule has 2 aromatic heterocycles. The molecule has 2 aliphatic rings. The van der Waals surface area contributed by atoms with Crippen LogP contribution >= 0.6 is 0 Å². The van der Waals surface area contributed by atoms with Gasteiger partial charge in [-0.2, -0.15) is 0 Å². The second-order valence-corrected chi connectivity index (χ2v) is 7.22. The highest BCUT2D eigenvalue weighted by atomic mass is 16.2. The Kier molecular flexibility index (Phi) is 4.82. The third kappa shape index (κ3) is 3.54. The Bertz CT molecular complexity index is 787. The van der Waals surface area contributed by atoms with E-state index in [0.29, 0.717) is 0 Å². The predicted molar refractivity (Wildman–Crippen MR) is 100 cm³/mol. The number of aromatic nitrogens is 3. The molecule has 1 atom stereocenters. The molecule has 0 aliphatic carbocycles. The van der Waals surface area contributed by atoms with Crippen LogP contribution in [0.2, 0.25) is 0 Å². The van der Waals surface area contributed by atoms with Gasteiger partial charge in [-0.25, -0.2) is 15.0 Å². The minimum absolute atomic E-state index is 0.100. The molecule has 6 nitrogen and oxygen atoms in total. The number of amides is 1. The van der Waals surface area contributed by atoms with Crippen LogP contribution in [0.5, 0.6) is 0 Å². The zero-order valence-corrected chi connectivity index (χ0v) is 15.3. The fourth-order valence-corrected chi connectivity index (χ4v) is 3.96. The SMILES string of the molecule is Cc1nccc([C@H]2CCCN(C(=O)c3ccnc(N4CCCC4)c3)C2)n1. The van der Waals surface area contributed by atoms with Crippen LogP contribution in [0.1, 0.15) is 53.5 Å². The van der Waals surface area contributed by atoms with E-state index >= 15 is 0 Å². The van der Waals surface area contributed by atoms with Gasteiger partial charge in [-0.15, -0.1) is 0 Å². The monoisotopic (exact) mass is 351 g/mol. The first-order valence-electron chi connectivity index (χ1n) is 9.50. The molecule has 1 amide bonds. The van der Waals surface area contributed by atoms with Gasteiger partial charge in [-0.1, -0.05) is 0 Å². The number of rotatable bonds is 3. The Morgan fingerprint density at radius 1 is 1.08 bits per heavy atom. The predicted octanol–water partition coefficient (Wildman–Crippen LogP) is 2.80. The van der Waals surface area contributed by atoms with Gasteiger partial charge in [-0.3, -0.25) is 4.79 Å². The van der Waals surface area contributed by atoms with Gasteiger partial charge in [0, 0.05) is 55.7 Å². The van der Waals surface area contributed by atoms with Crippen molar-refractivity contribution in [1.29, 1.82) is 0 Å². The van der Waals surface area contributed by atoms with E-state index in [4.69, 9.17) is 0 Å². The number of carbonyl (C=O) groups excluding carboxylic acids is 1. The summed E-state index contributed by atoms with van der Waals surface area (Å²) in [6, 6.07) is 5.76. The van der Waals surface area contributed by atoms with Gasteiger partial charge in [-0.05, 0) is 50.8 Å². The number of anilines is 1. The van der Waals surface area contributed by atoms with Crippen molar-refractivity contribution in [2.24, 2.45) is 0 Å². The van der Waals surface area contributed by atoms with Crippen molar-refractivity contribution in [1.82, 2.24) is 19.9 Å². The number of hydrogen-bond donors (Lipinski definition) is 0. The summed E-state index contributed by atoms with van der Waals surface area (Å²) in [7, 11) is 0. The van der Waals surface area contributed by atoms with Crippen LogP contribution in [-0.2, 0) is 0 Å². The highest BCUT2D eigenvalue weighted by Crippen LogP contribution is 2.27. The largest absolute Gasteiger partial charge is 0.357 e. The van der Waals surface area contributed by atoms with E-state index in [2.05, 4.69) is 19.9 Å². The van der Waals surface area contributed by atoms with Gasteiger partial charge in [0.2, 0.25) is 0 Å². The van der Waals surface area contributed by atoms with Crippen molar-refractivity contribution < 1.29 is 4.79 Å². The molecule has 2 fully saturated rings. The molecule has 6 heteroatoms. The Balaban J connectivity index is 1.50. The maximum absolute atomic E-state index is 13.1. The fraction of sp³-hybridized carbons (Fsp3) is 0.500. The summed E-state index contributed by atoms with van der Waals surface area (Å²) in [5.74, 6) is 2.10. The molecule has 2 saturated heterocycles. The summed E-state index contributed by atoms with van der Waals surface area (Å²) >= 11 is 0. The first-order chi connectivity index (χ1) is 12.7. The van der Waals surface area contributed by atoms with Crippen LogP contribution in [0.25, 0.3) is 0 Å². The van der Waals surface area contributed by atoms with Gasteiger partial charge in [0.05, 0.1) is 0 Å². The van der Waals surface area contributed by atoms with Crippen molar-refractivity contribution in [3.63, 3.8) is 0 Å². The van der Waals surface area contributed by atoms with E-state index in [9.17, 15) is 4.79 Å². The van der Waals surface area contributed by atoms with Gasteiger partial charge in [0.1, 0.15) is 11.6 Å². The van der Waals surface area contributed by atoms with Crippen molar-refractivity contribution >= 4 is 11.7 Å². The van der Waals surface area contributed by atoms with Crippen LogP contribution in [0.15, 0.2) is 30.6 Å². The number of likely N-dealkylation sites (tertiary alicyclic amines) is 1. The van der Waals surface area contributed by atoms with Crippen LogP contribution in [0.3, 0.4) is 0 Å². The summed E-state index contributed by atoms with van der Waals surface area (Å²) in [4.78, 5) is 30.5. The van der Waals surface area contributed by atoms with Crippen LogP contribution in [0.4, 0.5) is 5.82 Å². The summed E-state index contributed by atoms with van der Waals surface area (Å²) in [5.41, 5.74) is 1.78. The second-order valence-electron chi connectivity index (χ2n) is 7.22. The average Bonchev–Trinajstić information content (AvgIpc) is 3.22. The zero-order valence-electron chi connectivity index (χ0n) is 15.3. The standard InChI is InChI=1S/C20H25N5O/c1-15-21-9-7-18(23-15)17-5-4-12-25(14-17)20(26)16-6-8-22-19(13-16)24-10-2-3-11-24/h6-9,13,17H,2-5,10-12,14H2,1H3/t17-/m0/s1.